The molecule has 2 aromatic heterocycles. The van der Waals surface area contributed by atoms with E-state index < -0.39 is 0 Å². The van der Waals surface area contributed by atoms with Crippen LogP contribution in [0.1, 0.15) is 40.3 Å². The number of esters is 1. The zero-order valence-corrected chi connectivity index (χ0v) is 29.7. The van der Waals surface area contributed by atoms with E-state index in [1.54, 1.807) is 23.5 Å². The van der Waals surface area contributed by atoms with Crippen LogP contribution in [0.5, 0.6) is 0 Å². The molecule has 4 heterocycles. The van der Waals surface area contributed by atoms with Crippen molar-refractivity contribution in [3.05, 3.63) is 111 Å². The number of thiazole rings is 1. The number of halogens is 1. The molecule has 2 atom stereocenters. The van der Waals surface area contributed by atoms with E-state index >= 15 is 0 Å². The number of para-hydroxylation sites is 2. The molecule has 0 spiro atoms. The zero-order valence-electron chi connectivity index (χ0n) is 27.3. The summed E-state index contributed by atoms with van der Waals surface area (Å²) in [6, 6.07) is 25.7. The van der Waals surface area contributed by atoms with Crippen molar-refractivity contribution in [3.8, 4) is 0 Å². The summed E-state index contributed by atoms with van der Waals surface area (Å²) >= 11 is 5.15. The zero-order chi connectivity index (χ0) is 33.6. The smallest absolute Gasteiger partial charge is 0.338 e. The number of nitrogens with one attached hydrogen (secondary N) is 2. The number of benzene rings is 3. The molecule has 1 unspecified atom stereocenters. The molecule has 3 aromatic carbocycles. The van der Waals surface area contributed by atoms with Crippen molar-refractivity contribution in [2.45, 2.75) is 44.5 Å². The molecule has 0 aliphatic carbocycles. The van der Waals surface area contributed by atoms with Gasteiger partial charge in [-0.25, -0.2) is 14.8 Å². The van der Waals surface area contributed by atoms with E-state index in [0.717, 1.165) is 77.8 Å². The molecule has 2 aliphatic rings. The molecule has 12 heteroatoms. The average molecular weight is 743 g/mol. The molecule has 10 nitrogen and oxygen atoms in total. The van der Waals surface area contributed by atoms with Gasteiger partial charge in [0, 0.05) is 87.5 Å². The number of likely N-dealkylation sites (tertiary alicyclic amines) is 1. The predicted molar refractivity (Wildman–Crippen MR) is 195 cm³/mol. The molecule has 49 heavy (non-hydrogen) atoms. The van der Waals surface area contributed by atoms with Crippen molar-refractivity contribution in [3.63, 3.8) is 0 Å². The molecular formula is C37H40BrN7O3S. The van der Waals surface area contributed by atoms with Gasteiger partial charge in [0.2, 0.25) is 5.91 Å². The molecule has 2 fully saturated rings. The lowest BCUT2D eigenvalue weighted by Crippen LogP contribution is -2.48. The number of carbonyl (C=O) groups excluding carboxylic acids is 2. The van der Waals surface area contributed by atoms with E-state index in [9.17, 15) is 9.59 Å². The minimum absolute atomic E-state index is 0.179. The number of aromatic amines is 1. The SMILES string of the molecule is O=C(OC1C[C@@H](CNc2nc(CN3CCN(C(=O)CCc4nc5ccccc5[nH]4)CC3)cs2)N(Cc2ccc(Br)cc2)C1)c1ccccc1. The van der Waals surface area contributed by atoms with Gasteiger partial charge >= 0.3 is 5.97 Å². The molecule has 2 aliphatic heterocycles. The maximum Gasteiger partial charge on any atom is 0.338 e. The average Bonchev–Trinajstić information content (AvgIpc) is 3.86. The second kappa shape index (κ2) is 15.6. The third-order valence-electron chi connectivity index (χ3n) is 9.24. The van der Waals surface area contributed by atoms with Gasteiger partial charge in [-0.3, -0.25) is 14.6 Å². The Morgan fingerprint density at radius 1 is 0.939 bits per heavy atom. The van der Waals surface area contributed by atoms with Gasteiger partial charge in [0.15, 0.2) is 5.13 Å². The summed E-state index contributed by atoms with van der Waals surface area (Å²) in [5.74, 6) is 0.760. The number of H-pyrrole nitrogens is 1. The summed E-state index contributed by atoms with van der Waals surface area (Å²) in [5.41, 5.74) is 4.77. The molecule has 2 saturated heterocycles. The monoisotopic (exact) mass is 741 g/mol. The highest BCUT2D eigenvalue weighted by Gasteiger charge is 2.34. The Morgan fingerprint density at radius 3 is 2.51 bits per heavy atom. The number of carbonyl (C=O) groups is 2. The summed E-state index contributed by atoms with van der Waals surface area (Å²) in [6.07, 6.45) is 1.64. The van der Waals surface area contributed by atoms with E-state index in [1.165, 1.54) is 5.56 Å². The number of rotatable bonds is 12. The first-order valence-corrected chi connectivity index (χ1v) is 18.5. The van der Waals surface area contributed by atoms with Crippen LogP contribution in [0.15, 0.2) is 88.7 Å². The summed E-state index contributed by atoms with van der Waals surface area (Å²) in [5, 5.41) is 6.58. The second-order valence-electron chi connectivity index (χ2n) is 12.7. The minimum atomic E-state index is -0.278. The van der Waals surface area contributed by atoms with Crippen LogP contribution in [0.3, 0.4) is 0 Å². The maximum atomic E-state index is 12.9. The maximum absolute atomic E-state index is 12.9. The van der Waals surface area contributed by atoms with Gasteiger partial charge in [-0.05, 0) is 42.0 Å². The van der Waals surface area contributed by atoms with E-state index in [1.807, 2.05) is 47.4 Å². The van der Waals surface area contributed by atoms with Gasteiger partial charge in [0.1, 0.15) is 11.9 Å². The molecule has 5 aromatic rings. The van der Waals surface area contributed by atoms with Crippen molar-refractivity contribution in [2.75, 3.05) is 44.6 Å². The lowest BCUT2D eigenvalue weighted by Gasteiger charge is -2.34. The first kappa shape index (κ1) is 33.4. The molecule has 0 radical (unpaired) electrons. The van der Waals surface area contributed by atoms with Gasteiger partial charge in [0.05, 0.1) is 22.3 Å². The largest absolute Gasteiger partial charge is 0.457 e. The van der Waals surface area contributed by atoms with Crippen molar-refractivity contribution in [1.82, 2.24) is 29.7 Å². The summed E-state index contributed by atoms with van der Waals surface area (Å²) in [6.45, 7) is 6.02. The lowest BCUT2D eigenvalue weighted by molar-refractivity contribution is -0.133. The van der Waals surface area contributed by atoms with Crippen LogP contribution in [0.25, 0.3) is 11.0 Å². The lowest BCUT2D eigenvalue weighted by atomic mass is 10.1. The van der Waals surface area contributed by atoms with Crippen LogP contribution in [0.2, 0.25) is 0 Å². The summed E-state index contributed by atoms with van der Waals surface area (Å²) < 4.78 is 7.01. The molecule has 2 N–H and O–H groups in total. The number of anilines is 1. The van der Waals surface area contributed by atoms with Crippen molar-refractivity contribution in [1.29, 1.82) is 0 Å². The molecule has 1 amide bonds. The molecule has 254 valence electrons. The Kier molecular flexibility index (Phi) is 10.7. The second-order valence-corrected chi connectivity index (χ2v) is 14.5. The van der Waals surface area contributed by atoms with Crippen LogP contribution in [-0.2, 0) is 29.0 Å². The van der Waals surface area contributed by atoms with Crippen LogP contribution >= 0.6 is 27.3 Å². The number of piperazine rings is 1. The third kappa shape index (κ3) is 8.74. The Balaban J connectivity index is 0.883. The van der Waals surface area contributed by atoms with Crippen molar-refractivity contribution < 1.29 is 14.3 Å². The highest BCUT2D eigenvalue weighted by atomic mass is 79.9. The van der Waals surface area contributed by atoms with Crippen molar-refractivity contribution >= 4 is 55.3 Å². The first-order chi connectivity index (χ1) is 23.9. The number of hydrogen-bond donors (Lipinski definition) is 2. The Labute approximate surface area is 298 Å². The molecule has 7 rings (SSSR count). The van der Waals surface area contributed by atoms with Gasteiger partial charge in [0.25, 0.3) is 0 Å². The number of imidazole rings is 1. The Hall–Kier alpha value is -4.10. The Bertz CT molecular complexity index is 1820. The van der Waals surface area contributed by atoms with E-state index in [-0.39, 0.29) is 24.0 Å². The van der Waals surface area contributed by atoms with Crippen LogP contribution in [0, 0.1) is 0 Å². The molecule has 0 bridgehead atoms. The number of ether oxygens (including phenoxy) is 1. The standard InChI is InChI=1S/C37H40BrN7O3S/c38-28-12-10-26(11-13-28)22-45-24-31(48-36(47)27-6-2-1-3-7-27)20-30(45)21-39-37-40-29(25-49-37)23-43-16-18-44(19-17-43)35(46)15-14-34-41-32-8-4-5-9-33(32)42-34/h1-13,25,30-31H,14-24H2,(H,39,40)(H,41,42)/t30-,31?/m0/s1. The van der Waals surface area contributed by atoms with Crippen LogP contribution < -0.4 is 5.32 Å². The fourth-order valence-corrected chi connectivity index (χ4v) is 7.58. The van der Waals surface area contributed by atoms with Crippen molar-refractivity contribution in [2.24, 2.45) is 0 Å². The van der Waals surface area contributed by atoms with Crippen LogP contribution in [-0.4, -0.2) is 92.9 Å². The predicted octanol–water partition coefficient (Wildman–Crippen LogP) is 5.97. The molecular weight excluding hydrogens is 702 g/mol. The highest BCUT2D eigenvalue weighted by Crippen LogP contribution is 2.26. The quantitative estimate of drug-likeness (QED) is 0.151. The van der Waals surface area contributed by atoms with Gasteiger partial charge in [-0.1, -0.05) is 58.4 Å². The number of nitrogens with zero attached hydrogens (tertiary/aromatic N) is 5. The molecule has 0 saturated carbocycles. The fraction of sp³-hybridized carbons (Fsp3) is 0.351. The summed E-state index contributed by atoms with van der Waals surface area (Å²) in [4.78, 5) is 45.3. The van der Waals surface area contributed by atoms with Gasteiger partial charge in [-0.15, -0.1) is 11.3 Å². The number of aryl methyl sites for hydroxylation is 1. The minimum Gasteiger partial charge on any atom is -0.457 e. The summed E-state index contributed by atoms with van der Waals surface area (Å²) in [7, 11) is 0. The van der Waals surface area contributed by atoms with Gasteiger partial charge in [-0.2, -0.15) is 0 Å². The normalized spacial score (nSPS) is 18.6. The fourth-order valence-electron chi connectivity index (χ4n) is 6.61. The highest BCUT2D eigenvalue weighted by molar-refractivity contribution is 9.10. The number of amides is 1. The topological polar surface area (TPSA) is 107 Å². The number of aromatic nitrogens is 3. The first-order valence-electron chi connectivity index (χ1n) is 16.8. The van der Waals surface area contributed by atoms with E-state index in [2.05, 4.69) is 70.7 Å². The third-order valence-corrected chi connectivity index (χ3v) is 10.6. The number of fused-ring (bicyclic) bond motifs is 1. The van der Waals surface area contributed by atoms with Crippen LogP contribution in [0.4, 0.5) is 5.13 Å². The van der Waals surface area contributed by atoms with E-state index in [4.69, 9.17) is 9.72 Å². The number of hydrogen-bond acceptors (Lipinski definition) is 9. The van der Waals surface area contributed by atoms with E-state index in [0.29, 0.717) is 31.5 Å². The van der Waals surface area contributed by atoms with Gasteiger partial charge < -0.3 is 19.9 Å². The Morgan fingerprint density at radius 2 is 1.71 bits per heavy atom.